The largest absolute Gasteiger partial charge is 0.497 e. The minimum absolute atomic E-state index is 0.235. The van der Waals surface area contributed by atoms with E-state index >= 15 is 0 Å². The minimum Gasteiger partial charge on any atom is -0.497 e. The van der Waals surface area contributed by atoms with E-state index in [9.17, 15) is 0 Å². The highest BCUT2D eigenvalue weighted by atomic mass is 35.5. The second kappa shape index (κ2) is 5.69. The summed E-state index contributed by atoms with van der Waals surface area (Å²) in [5, 5.41) is 3.36. The summed E-state index contributed by atoms with van der Waals surface area (Å²) in [5.74, 6) is 1.54. The van der Waals surface area contributed by atoms with Crippen LogP contribution in [0, 0.1) is 0 Å². The lowest BCUT2D eigenvalue weighted by Gasteiger charge is -2.07. The summed E-state index contributed by atoms with van der Waals surface area (Å²) in [6, 6.07) is 9.52. The molecule has 5 heteroatoms. The first-order valence-electron chi connectivity index (χ1n) is 5.66. The summed E-state index contributed by atoms with van der Waals surface area (Å²) in [7, 11) is 1.64. The molecule has 0 saturated carbocycles. The Morgan fingerprint density at radius 2 is 1.94 bits per heavy atom. The van der Waals surface area contributed by atoms with E-state index in [2.05, 4.69) is 15.3 Å². The van der Waals surface area contributed by atoms with Crippen LogP contribution in [0.15, 0.2) is 30.3 Å². The van der Waals surface area contributed by atoms with Crippen LogP contribution in [0.2, 0.25) is 5.28 Å². The number of nitrogens with zero attached hydrogens (tertiary/aromatic N) is 2. The molecule has 1 heterocycles. The van der Waals surface area contributed by atoms with Crippen molar-refractivity contribution in [2.75, 3.05) is 19.0 Å². The third kappa shape index (κ3) is 2.90. The molecule has 1 aromatic carbocycles. The SMILES string of the molecule is CCNc1cc(-c2ccc(OC)cc2)nc(Cl)n1. The second-order valence-corrected chi connectivity index (χ2v) is 4.00. The summed E-state index contributed by atoms with van der Waals surface area (Å²) in [6.45, 7) is 2.79. The van der Waals surface area contributed by atoms with Gasteiger partial charge in [-0.15, -0.1) is 0 Å². The molecule has 2 aromatic rings. The van der Waals surface area contributed by atoms with Crippen LogP contribution < -0.4 is 10.1 Å². The first kappa shape index (κ1) is 12.6. The highest BCUT2D eigenvalue weighted by Gasteiger charge is 2.05. The van der Waals surface area contributed by atoms with E-state index in [1.807, 2.05) is 37.3 Å². The van der Waals surface area contributed by atoms with Crippen LogP contribution in [-0.2, 0) is 0 Å². The normalized spacial score (nSPS) is 10.2. The van der Waals surface area contributed by atoms with Gasteiger partial charge in [0.1, 0.15) is 11.6 Å². The zero-order chi connectivity index (χ0) is 13.0. The lowest BCUT2D eigenvalue weighted by molar-refractivity contribution is 0.415. The van der Waals surface area contributed by atoms with Crippen molar-refractivity contribution in [1.82, 2.24) is 9.97 Å². The number of nitrogens with one attached hydrogen (secondary N) is 1. The molecule has 0 atom stereocenters. The van der Waals surface area contributed by atoms with E-state index < -0.39 is 0 Å². The summed E-state index contributed by atoms with van der Waals surface area (Å²) in [4.78, 5) is 8.32. The summed E-state index contributed by atoms with van der Waals surface area (Å²) >= 11 is 5.91. The Labute approximate surface area is 111 Å². The van der Waals surface area contributed by atoms with Crippen LogP contribution >= 0.6 is 11.6 Å². The molecule has 0 spiro atoms. The molecule has 0 aliphatic carbocycles. The highest BCUT2D eigenvalue weighted by molar-refractivity contribution is 6.28. The molecule has 4 nitrogen and oxygen atoms in total. The molecular formula is C13H14ClN3O. The quantitative estimate of drug-likeness (QED) is 0.861. The highest BCUT2D eigenvalue weighted by Crippen LogP contribution is 2.23. The maximum atomic E-state index is 5.91. The zero-order valence-corrected chi connectivity index (χ0v) is 11.0. The van der Waals surface area contributed by atoms with Crippen molar-refractivity contribution in [2.24, 2.45) is 0 Å². The van der Waals surface area contributed by atoms with Crippen molar-refractivity contribution in [1.29, 1.82) is 0 Å². The average Bonchev–Trinajstić information content (AvgIpc) is 2.38. The van der Waals surface area contributed by atoms with Gasteiger partial charge < -0.3 is 10.1 Å². The molecule has 0 unspecified atom stereocenters. The maximum Gasteiger partial charge on any atom is 0.224 e. The number of aromatic nitrogens is 2. The Balaban J connectivity index is 2.36. The smallest absolute Gasteiger partial charge is 0.224 e. The summed E-state index contributed by atoms with van der Waals surface area (Å²) < 4.78 is 5.12. The molecule has 0 aliphatic heterocycles. The predicted molar refractivity (Wildman–Crippen MR) is 73.2 cm³/mol. The molecular weight excluding hydrogens is 250 g/mol. The Hall–Kier alpha value is -1.81. The summed E-state index contributed by atoms with van der Waals surface area (Å²) in [6.07, 6.45) is 0. The van der Waals surface area contributed by atoms with Gasteiger partial charge in [-0.05, 0) is 42.8 Å². The number of hydrogen-bond donors (Lipinski definition) is 1. The molecule has 0 amide bonds. The first-order valence-corrected chi connectivity index (χ1v) is 6.03. The lowest BCUT2D eigenvalue weighted by Crippen LogP contribution is -2.01. The molecule has 0 bridgehead atoms. The molecule has 0 fully saturated rings. The van der Waals surface area contributed by atoms with Gasteiger partial charge in [-0.2, -0.15) is 0 Å². The van der Waals surface area contributed by atoms with Crippen molar-refractivity contribution in [3.63, 3.8) is 0 Å². The topological polar surface area (TPSA) is 47.0 Å². The Kier molecular flexibility index (Phi) is 3.99. The lowest BCUT2D eigenvalue weighted by atomic mass is 10.1. The van der Waals surface area contributed by atoms with Crippen molar-refractivity contribution in [2.45, 2.75) is 6.92 Å². The van der Waals surface area contributed by atoms with Crippen molar-refractivity contribution >= 4 is 17.4 Å². The van der Waals surface area contributed by atoms with Gasteiger partial charge in [-0.25, -0.2) is 9.97 Å². The Morgan fingerprint density at radius 3 is 2.56 bits per heavy atom. The molecule has 0 radical (unpaired) electrons. The fraction of sp³-hybridized carbons (Fsp3) is 0.231. The molecule has 1 N–H and O–H groups in total. The zero-order valence-electron chi connectivity index (χ0n) is 10.3. The van der Waals surface area contributed by atoms with Gasteiger partial charge in [-0.3, -0.25) is 0 Å². The molecule has 0 aliphatic rings. The van der Waals surface area contributed by atoms with Gasteiger partial charge in [0, 0.05) is 18.2 Å². The van der Waals surface area contributed by atoms with E-state index in [-0.39, 0.29) is 5.28 Å². The van der Waals surface area contributed by atoms with E-state index in [1.165, 1.54) is 0 Å². The molecule has 2 rings (SSSR count). The van der Waals surface area contributed by atoms with E-state index in [4.69, 9.17) is 16.3 Å². The molecule has 0 saturated heterocycles. The average molecular weight is 264 g/mol. The minimum atomic E-state index is 0.235. The number of methoxy groups -OCH3 is 1. The second-order valence-electron chi connectivity index (χ2n) is 3.67. The standard InChI is InChI=1S/C13H14ClN3O/c1-3-15-12-8-11(16-13(14)17-12)9-4-6-10(18-2)7-5-9/h4-8H,3H2,1-2H3,(H,15,16,17). The van der Waals surface area contributed by atoms with Crippen LogP contribution in [-0.4, -0.2) is 23.6 Å². The van der Waals surface area contributed by atoms with E-state index in [0.717, 1.165) is 29.4 Å². The number of ether oxygens (including phenoxy) is 1. The predicted octanol–water partition coefficient (Wildman–Crippen LogP) is 3.24. The van der Waals surface area contributed by atoms with Gasteiger partial charge >= 0.3 is 0 Å². The van der Waals surface area contributed by atoms with Gasteiger partial charge in [-0.1, -0.05) is 0 Å². The van der Waals surface area contributed by atoms with Gasteiger partial charge in [0.25, 0.3) is 0 Å². The third-order valence-corrected chi connectivity index (χ3v) is 2.61. The van der Waals surface area contributed by atoms with Gasteiger partial charge in [0.2, 0.25) is 5.28 Å². The first-order chi connectivity index (χ1) is 8.72. The van der Waals surface area contributed by atoms with Crippen molar-refractivity contribution in [3.05, 3.63) is 35.6 Å². The van der Waals surface area contributed by atoms with E-state index in [1.54, 1.807) is 7.11 Å². The van der Waals surface area contributed by atoms with Crippen molar-refractivity contribution in [3.8, 4) is 17.0 Å². The van der Waals surface area contributed by atoms with Crippen molar-refractivity contribution < 1.29 is 4.74 Å². The van der Waals surface area contributed by atoms with E-state index in [0.29, 0.717) is 0 Å². The third-order valence-electron chi connectivity index (χ3n) is 2.44. The Bertz CT molecular complexity index is 528. The number of halogens is 1. The Morgan fingerprint density at radius 1 is 1.22 bits per heavy atom. The van der Waals surface area contributed by atoms with Crippen LogP contribution in [0.25, 0.3) is 11.3 Å². The molecule has 18 heavy (non-hydrogen) atoms. The fourth-order valence-corrected chi connectivity index (χ4v) is 1.78. The van der Waals surface area contributed by atoms with Crippen LogP contribution in [0.3, 0.4) is 0 Å². The van der Waals surface area contributed by atoms with Crippen LogP contribution in [0.4, 0.5) is 5.82 Å². The number of hydrogen-bond acceptors (Lipinski definition) is 4. The fourth-order valence-electron chi connectivity index (χ4n) is 1.60. The number of rotatable bonds is 4. The molecule has 1 aromatic heterocycles. The van der Waals surface area contributed by atoms with Crippen LogP contribution in [0.1, 0.15) is 6.92 Å². The van der Waals surface area contributed by atoms with Gasteiger partial charge in [0.05, 0.1) is 12.8 Å². The number of anilines is 1. The number of benzene rings is 1. The molecule has 94 valence electrons. The van der Waals surface area contributed by atoms with Crippen LogP contribution in [0.5, 0.6) is 5.75 Å². The summed E-state index contributed by atoms with van der Waals surface area (Å²) in [5.41, 5.74) is 1.76. The van der Waals surface area contributed by atoms with Gasteiger partial charge in [0.15, 0.2) is 0 Å². The monoisotopic (exact) mass is 263 g/mol. The maximum absolute atomic E-state index is 5.91.